The lowest BCUT2D eigenvalue weighted by Gasteiger charge is -2.34. The molecule has 0 bridgehead atoms. The van der Waals surface area contributed by atoms with Crippen molar-refractivity contribution in [3.05, 3.63) is 76.8 Å². The lowest BCUT2D eigenvalue weighted by Crippen LogP contribution is -2.41. The lowest BCUT2D eigenvalue weighted by atomic mass is 10.0. The van der Waals surface area contributed by atoms with Gasteiger partial charge in [0.05, 0.1) is 22.9 Å². The van der Waals surface area contributed by atoms with Crippen molar-refractivity contribution >= 4 is 29.4 Å². The Morgan fingerprint density at radius 1 is 1.09 bits per heavy atom. The van der Waals surface area contributed by atoms with Crippen molar-refractivity contribution in [1.29, 1.82) is 0 Å². The summed E-state index contributed by atoms with van der Waals surface area (Å²) in [4.78, 5) is 39.6. The predicted octanol–water partition coefficient (Wildman–Crippen LogP) is 3.40. The van der Waals surface area contributed by atoms with Crippen LogP contribution in [-0.2, 0) is 17.9 Å². The van der Waals surface area contributed by atoms with Crippen LogP contribution in [0.15, 0.2) is 64.8 Å². The molecule has 5 rings (SSSR count). The molecule has 0 spiro atoms. The van der Waals surface area contributed by atoms with E-state index in [-0.39, 0.29) is 18.3 Å². The van der Waals surface area contributed by atoms with Crippen molar-refractivity contribution < 1.29 is 19.4 Å². The van der Waals surface area contributed by atoms with Crippen LogP contribution in [-0.4, -0.2) is 62.9 Å². The van der Waals surface area contributed by atoms with E-state index in [1.54, 1.807) is 17.0 Å². The van der Waals surface area contributed by atoms with Gasteiger partial charge in [-0.1, -0.05) is 24.3 Å². The van der Waals surface area contributed by atoms with Gasteiger partial charge in [-0.05, 0) is 35.4 Å². The molecule has 0 unspecified atom stereocenters. The third kappa shape index (κ3) is 4.57. The summed E-state index contributed by atoms with van der Waals surface area (Å²) in [5, 5.41) is 9.05. The van der Waals surface area contributed by atoms with Gasteiger partial charge >= 0.3 is 12.1 Å². The fourth-order valence-electron chi connectivity index (χ4n) is 4.09. The number of ether oxygens (including phenoxy) is 1. The number of aromatic carboxylic acids is 1. The van der Waals surface area contributed by atoms with Gasteiger partial charge in [0.1, 0.15) is 5.82 Å². The molecule has 2 aromatic carbocycles. The number of aromatic amines is 1. The minimum Gasteiger partial charge on any atom is -0.478 e. The second-order valence-electron chi connectivity index (χ2n) is 8.13. The van der Waals surface area contributed by atoms with Crippen molar-refractivity contribution in [1.82, 2.24) is 19.8 Å². The van der Waals surface area contributed by atoms with Crippen molar-refractivity contribution in [3.8, 4) is 0 Å². The summed E-state index contributed by atoms with van der Waals surface area (Å²) in [6.07, 6.45) is 2.14. The molecule has 2 N–H and O–H groups in total. The highest BCUT2D eigenvalue weighted by Crippen LogP contribution is 2.24. The van der Waals surface area contributed by atoms with Gasteiger partial charge in [0, 0.05) is 38.3 Å². The van der Waals surface area contributed by atoms with E-state index >= 15 is 0 Å². The number of H-pyrrole nitrogens is 1. The Balaban J connectivity index is 1.17. The van der Waals surface area contributed by atoms with Gasteiger partial charge in [-0.2, -0.15) is 0 Å². The first kappa shape index (κ1) is 20.7. The van der Waals surface area contributed by atoms with E-state index in [1.807, 2.05) is 42.7 Å². The Labute approximate surface area is 190 Å². The first-order chi connectivity index (χ1) is 16.0. The monoisotopic (exact) mass is 445 g/mol. The van der Waals surface area contributed by atoms with E-state index in [0.717, 1.165) is 27.9 Å². The summed E-state index contributed by atoms with van der Waals surface area (Å²) < 4.78 is 5.50. The van der Waals surface area contributed by atoms with Crippen LogP contribution in [0.3, 0.4) is 0 Å². The highest BCUT2D eigenvalue weighted by molar-refractivity contribution is 5.87. The quantitative estimate of drug-likeness (QED) is 0.623. The molecule has 2 aliphatic rings. The van der Waals surface area contributed by atoms with E-state index in [4.69, 9.17) is 9.84 Å². The number of aromatic nitrogens is 2. The number of amides is 1. The van der Waals surface area contributed by atoms with Crippen molar-refractivity contribution in [2.24, 2.45) is 4.99 Å². The van der Waals surface area contributed by atoms with Crippen LogP contribution in [0.5, 0.6) is 0 Å². The van der Waals surface area contributed by atoms with Crippen LogP contribution >= 0.6 is 0 Å². The fraction of sp³-hybridized carbons (Fsp3) is 0.250. The van der Waals surface area contributed by atoms with Crippen molar-refractivity contribution in [3.63, 3.8) is 0 Å². The summed E-state index contributed by atoms with van der Waals surface area (Å²) in [6, 6.07) is 14.5. The maximum absolute atomic E-state index is 12.7. The molecule has 0 saturated carbocycles. The highest BCUT2D eigenvalue weighted by atomic mass is 16.6. The molecule has 1 aromatic heterocycles. The summed E-state index contributed by atoms with van der Waals surface area (Å²) in [5.74, 6) is -0.325. The third-order valence-corrected chi connectivity index (χ3v) is 5.79. The smallest absolute Gasteiger partial charge is 0.410 e. The minimum atomic E-state index is -0.939. The number of carboxylic acid groups (broad SMARTS) is 1. The number of nitrogens with one attached hydrogen (secondary N) is 1. The van der Waals surface area contributed by atoms with E-state index in [9.17, 15) is 9.59 Å². The first-order valence-corrected chi connectivity index (χ1v) is 10.7. The Morgan fingerprint density at radius 2 is 1.91 bits per heavy atom. The normalized spacial score (nSPS) is 15.6. The van der Waals surface area contributed by atoms with Gasteiger partial charge in [0.2, 0.25) is 0 Å². The van der Waals surface area contributed by atoms with E-state index < -0.39 is 5.97 Å². The number of carboxylic acids is 1. The van der Waals surface area contributed by atoms with Gasteiger partial charge in [-0.3, -0.25) is 0 Å². The number of para-hydroxylation sites is 2. The molecule has 0 atom stereocenters. The molecule has 168 valence electrons. The van der Waals surface area contributed by atoms with Crippen LogP contribution < -0.4 is 0 Å². The highest BCUT2D eigenvalue weighted by Gasteiger charge is 2.26. The number of nitrogens with zero attached hydrogens (tertiary/aromatic N) is 4. The van der Waals surface area contributed by atoms with Crippen molar-refractivity contribution in [2.75, 3.05) is 19.6 Å². The average Bonchev–Trinajstić information content (AvgIpc) is 3.25. The molecule has 0 saturated heterocycles. The fourth-order valence-corrected chi connectivity index (χ4v) is 4.09. The lowest BCUT2D eigenvalue weighted by molar-refractivity contribution is 0.0696. The van der Waals surface area contributed by atoms with E-state index in [1.165, 1.54) is 0 Å². The summed E-state index contributed by atoms with van der Waals surface area (Å²) in [7, 11) is 0. The summed E-state index contributed by atoms with van der Waals surface area (Å²) in [6.45, 7) is 2.39. The van der Waals surface area contributed by atoms with Gasteiger partial charge < -0.3 is 24.6 Å². The maximum atomic E-state index is 12.7. The average molecular weight is 445 g/mol. The zero-order valence-electron chi connectivity index (χ0n) is 17.9. The Kier molecular flexibility index (Phi) is 5.52. The topological polar surface area (TPSA) is 111 Å². The summed E-state index contributed by atoms with van der Waals surface area (Å²) in [5.41, 5.74) is 5.12. The first-order valence-electron chi connectivity index (χ1n) is 10.7. The predicted molar refractivity (Wildman–Crippen MR) is 122 cm³/mol. The summed E-state index contributed by atoms with van der Waals surface area (Å²) >= 11 is 0. The van der Waals surface area contributed by atoms with Crippen molar-refractivity contribution in [2.45, 2.75) is 19.6 Å². The second kappa shape index (κ2) is 8.78. The molecule has 9 heteroatoms. The minimum absolute atomic E-state index is 0.0898. The zero-order valence-corrected chi connectivity index (χ0v) is 17.9. The zero-order chi connectivity index (χ0) is 22.8. The molecule has 3 aromatic rings. The van der Waals surface area contributed by atoms with Gasteiger partial charge in [0.15, 0.2) is 6.61 Å². The van der Waals surface area contributed by atoms with Crippen LogP contribution in [0, 0.1) is 0 Å². The number of carbonyl (C=O) groups is 2. The molecule has 9 nitrogen and oxygen atoms in total. The van der Waals surface area contributed by atoms with E-state index in [2.05, 4.69) is 19.9 Å². The van der Waals surface area contributed by atoms with Crippen LogP contribution in [0.2, 0.25) is 0 Å². The number of hydrogen-bond donors (Lipinski definition) is 2. The Morgan fingerprint density at radius 3 is 2.70 bits per heavy atom. The van der Waals surface area contributed by atoms with Gasteiger partial charge in [-0.25, -0.2) is 19.6 Å². The van der Waals surface area contributed by atoms with Gasteiger partial charge in [0.25, 0.3) is 0 Å². The molecular formula is C24H23N5O4. The molecule has 3 heterocycles. The number of hydrogen-bond acceptors (Lipinski definition) is 6. The van der Waals surface area contributed by atoms with E-state index in [0.29, 0.717) is 38.4 Å². The number of aliphatic imine (C=N–C) groups is 1. The molecule has 0 aliphatic carbocycles. The number of benzene rings is 2. The van der Waals surface area contributed by atoms with Crippen LogP contribution in [0.4, 0.5) is 4.79 Å². The van der Waals surface area contributed by atoms with Crippen LogP contribution in [0.25, 0.3) is 11.0 Å². The number of fused-ring (bicyclic) bond motifs is 1. The molecule has 33 heavy (non-hydrogen) atoms. The molecule has 2 aliphatic heterocycles. The molecule has 1 amide bonds. The Hall–Kier alpha value is -4.14. The maximum Gasteiger partial charge on any atom is 0.410 e. The molecule has 0 radical (unpaired) electrons. The molecule has 0 fully saturated rings. The van der Waals surface area contributed by atoms with Crippen LogP contribution in [0.1, 0.15) is 28.2 Å². The molecular weight excluding hydrogens is 422 g/mol. The van der Waals surface area contributed by atoms with Gasteiger partial charge in [-0.15, -0.1) is 0 Å². The third-order valence-electron chi connectivity index (χ3n) is 5.79. The Bertz CT molecular complexity index is 1230. The SMILES string of the molecule is O=C(O)c1ccc(CN2C=NC3=C(C2)CN(C(=O)OCc2nc4ccccc4[nH]2)CC3)cc1. The number of rotatable bonds is 5. The second-order valence-corrected chi connectivity index (χ2v) is 8.13. The standard InChI is InChI=1S/C24H23N5O4/c30-23(31)17-7-5-16(6-8-17)11-28-12-18-13-29(10-9-19(18)25-15-28)24(32)33-14-22-26-20-3-1-2-4-21(20)27-22/h1-8,15H,9-14H2,(H,26,27)(H,30,31). The number of imidazole rings is 1. The largest absolute Gasteiger partial charge is 0.478 e. The number of carbonyl (C=O) groups excluding carboxylic acids is 1.